The molecule has 0 saturated heterocycles. The van der Waals surface area contributed by atoms with Gasteiger partial charge in [0.25, 0.3) is 5.91 Å². The van der Waals surface area contributed by atoms with Crippen LogP contribution in [-0.2, 0) is 0 Å². The molecule has 0 aromatic carbocycles. The molecule has 0 bridgehead atoms. The van der Waals surface area contributed by atoms with Crippen LogP contribution in [0.1, 0.15) is 29.6 Å². The highest BCUT2D eigenvalue weighted by Gasteiger charge is 2.34. The molecule has 1 saturated carbocycles. The predicted molar refractivity (Wildman–Crippen MR) is 57.5 cm³/mol. The van der Waals surface area contributed by atoms with E-state index in [0.717, 1.165) is 19.3 Å². The van der Waals surface area contributed by atoms with Crippen molar-refractivity contribution in [2.75, 3.05) is 6.54 Å². The molecule has 1 aromatic rings. The Kier molecular flexibility index (Phi) is 2.84. The zero-order valence-corrected chi connectivity index (χ0v) is 9.71. The van der Waals surface area contributed by atoms with Gasteiger partial charge in [-0.2, -0.15) is 0 Å². The van der Waals surface area contributed by atoms with Gasteiger partial charge in [0.2, 0.25) is 0 Å². The van der Waals surface area contributed by atoms with E-state index in [2.05, 4.69) is 21.2 Å². The Bertz CT molecular complexity index is 370. The maximum Gasteiger partial charge on any atom is 0.254 e. The van der Waals surface area contributed by atoms with Gasteiger partial charge >= 0.3 is 0 Å². The van der Waals surface area contributed by atoms with Crippen molar-refractivity contribution in [3.05, 3.63) is 22.6 Å². The second-order valence-electron chi connectivity index (χ2n) is 3.90. The predicted octanol–water partition coefficient (Wildman–Crippen LogP) is 1.69. The van der Waals surface area contributed by atoms with Crippen LogP contribution in [0.25, 0.3) is 0 Å². The van der Waals surface area contributed by atoms with E-state index < -0.39 is 5.60 Å². The molecule has 1 fully saturated rings. The molecule has 0 aliphatic heterocycles. The lowest BCUT2D eigenvalue weighted by Crippen LogP contribution is -2.47. The Morgan fingerprint density at radius 1 is 1.67 bits per heavy atom. The Hall–Kier alpha value is -0.810. The molecule has 0 atom stereocenters. The van der Waals surface area contributed by atoms with Crippen molar-refractivity contribution in [3.8, 4) is 0 Å². The van der Waals surface area contributed by atoms with Gasteiger partial charge in [-0.3, -0.25) is 4.79 Å². The van der Waals surface area contributed by atoms with Crippen molar-refractivity contribution in [1.29, 1.82) is 0 Å². The molecule has 1 aliphatic rings. The molecule has 1 aliphatic carbocycles. The van der Waals surface area contributed by atoms with Crippen LogP contribution in [0, 0.1) is 0 Å². The van der Waals surface area contributed by atoms with Crippen LogP contribution in [0.4, 0.5) is 0 Å². The molecule has 82 valence electrons. The lowest BCUT2D eigenvalue weighted by Gasteiger charge is -2.36. The first-order valence-electron chi connectivity index (χ1n) is 4.84. The van der Waals surface area contributed by atoms with Crippen molar-refractivity contribution in [2.45, 2.75) is 24.9 Å². The van der Waals surface area contributed by atoms with Crippen LogP contribution in [-0.4, -0.2) is 23.2 Å². The summed E-state index contributed by atoms with van der Waals surface area (Å²) in [4.78, 5) is 11.5. The van der Waals surface area contributed by atoms with Crippen LogP contribution >= 0.6 is 15.9 Å². The number of halogens is 1. The first kappa shape index (κ1) is 10.7. The summed E-state index contributed by atoms with van der Waals surface area (Å²) in [5.74, 6) is -0.218. The largest absolute Gasteiger partial charge is 0.457 e. The van der Waals surface area contributed by atoms with Gasteiger partial charge in [0, 0.05) is 12.6 Å². The average Bonchev–Trinajstić information content (AvgIpc) is 2.58. The van der Waals surface area contributed by atoms with Gasteiger partial charge in [-0.25, -0.2) is 0 Å². The summed E-state index contributed by atoms with van der Waals surface area (Å²) in [5.41, 5.74) is -0.221. The molecule has 0 radical (unpaired) electrons. The van der Waals surface area contributed by atoms with E-state index in [4.69, 9.17) is 4.42 Å². The molecule has 5 heteroatoms. The van der Waals surface area contributed by atoms with Crippen LogP contribution < -0.4 is 5.32 Å². The van der Waals surface area contributed by atoms with E-state index in [1.54, 1.807) is 6.07 Å². The third-order valence-electron chi connectivity index (χ3n) is 2.69. The van der Waals surface area contributed by atoms with Crippen LogP contribution in [0.15, 0.2) is 21.4 Å². The third-order valence-corrected chi connectivity index (χ3v) is 3.11. The van der Waals surface area contributed by atoms with Gasteiger partial charge in [-0.1, -0.05) is 0 Å². The average molecular weight is 274 g/mol. The molecular weight excluding hydrogens is 262 g/mol. The Morgan fingerprint density at radius 3 is 2.87 bits per heavy atom. The lowest BCUT2D eigenvalue weighted by atomic mass is 9.80. The Morgan fingerprint density at radius 2 is 2.40 bits per heavy atom. The number of hydrogen-bond donors (Lipinski definition) is 2. The number of rotatable bonds is 3. The van der Waals surface area contributed by atoms with E-state index in [-0.39, 0.29) is 5.91 Å². The van der Waals surface area contributed by atoms with Gasteiger partial charge in [-0.15, -0.1) is 0 Å². The second-order valence-corrected chi connectivity index (χ2v) is 4.68. The van der Waals surface area contributed by atoms with Gasteiger partial charge in [-0.05, 0) is 35.2 Å². The number of amides is 1. The Balaban J connectivity index is 1.87. The summed E-state index contributed by atoms with van der Waals surface area (Å²) in [6, 6.07) is 1.60. The quantitative estimate of drug-likeness (QED) is 0.881. The fourth-order valence-electron chi connectivity index (χ4n) is 1.54. The lowest BCUT2D eigenvalue weighted by molar-refractivity contribution is -0.0300. The van der Waals surface area contributed by atoms with Crippen molar-refractivity contribution in [2.24, 2.45) is 0 Å². The third kappa shape index (κ3) is 2.41. The molecule has 1 heterocycles. The fourth-order valence-corrected chi connectivity index (χ4v) is 1.88. The van der Waals surface area contributed by atoms with Crippen molar-refractivity contribution in [3.63, 3.8) is 0 Å². The summed E-state index contributed by atoms with van der Waals surface area (Å²) >= 11 is 3.12. The number of hydrogen-bond acceptors (Lipinski definition) is 3. The fraction of sp³-hybridized carbons (Fsp3) is 0.500. The van der Waals surface area contributed by atoms with E-state index in [0.29, 0.717) is 16.8 Å². The highest BCUT2D eigenvalue weighted by Crippen LogP contribution is 2.30. The summed E-state index contributed by atoms with van der Waals surface area (Å²) in [6.45, 7) is 0.314. The molecule has 2 rings (SSSR count). The van der Waals surface area contributed by atoms with Crippen LogP contribution in [0.3, 0.4) is 0 Å². The Labute approximate surface area is 95.8 Å². The molecule has 1 amide bonds. The molecule has 0 spiro atoms. The highest BCUT2D eigenvalue weighted by molar-refractivity contribution is 9.10. The minimum absolute atomic E-state index is 0.218. The van der Waals surface area contributed by atoms with Gasteiger partial charge in [0.1, 0.15) is 6.26 Å². The summed E-state index contributed by atoms with van der Waals surface area (Å²) in [5, 5.41) is 12.4. The van der Waals surface area contributed by atoms with Gasteiger partial charge < -0.3 is 14.8 Å². The number of nitrogens with one attached hydrogen (secondary N) is 1. The van der Waals surface area contributed by atoms with E-state index in [1.807, 2.05) is 0 Å². The van der Waals surface area contributed by atoms with Crippen molar-refractivity contribution < 1.29 is 14.3 Å². The van der Waals surface area contributed by atoms with Crippen LogP contribution in [0.2, 0.25) is 0 Å². The van der Waals surface area contributed by atoms with E-state index >= 15 is 0 Å². The molecule has 15 heavy (non-hydrogen) atoms. The molecule has 4 nitrogen and oxygen atoms in total. The SMILES string of the molecule is O=C(NCC1(O)CCC1)c1coc(Br)c1. The van der Waals surface area contributed by atoms with Crippen molar-refractivity contribution >= 4 is 21.8 Å². The number of carbonyl (C=O) groups is 1. The number of carbonyl (C=O) groups excluding carboxylic acids is 1. The van der Waals surface area contributed by atoms with Gasteiger partial charge in [0.15, 0.2) is 4.67 Å². The molecule has 2 N–H and O–H groups in total. The number of aliphatic hydroxyl groups is 1. The minimum Gasteiger partial charge on any atom is -0.457 e. The van der Waals surface area contributed by atoms with Crippen LogP contribution in [0.5, 0.6) is 0 Å². The number of furan rings is 1. The van der Waals surface area contributed by atoms with E-state index in [9.17, 15) is 9.90 Å². The molecule has 1 aromatic heterocycles. The van der Waals surface area contributed by atoms with Gasteiger partial charge in [0.05, 0.1) is 11.2 Å². The summed E-state index contributed by atoms with van der Waals surface area (Å²) < 4.78 is 5.47. The van der Waals surface area contributed by atoms with E-state index in [1.165, 1.54) is 6.26 Å². The van der Waals surface area contributed by atoms with Crippen molar-refractivity contribution in [1.82, 2.24) is 5.32 Å². The maximum absolute atomic E-state index is 11.5. The zero-order valence-electron chi connectivity index (χ0n) is 8.12. The first-order chi connectivity index (χ1) is 7.09. The second kappa shape index (κ2) is 3.98. The zero-order chi connectivity index (χ0) is 10.9. The molecule has 0 unspecified atom stereocenters. The molecular formula is C10H12BrNO3. The minimum atomic E-state index is -0.684. The highest BCUT2D eigenvalue weighted by atomic mass is 79.9. The topological polar surface area (TPSA) is 62.5 Å². The standard InChI is InChI=1S/C10H12BrNO3/c11-8-4-7(5-15-8)9(13)12-6-10(14)2-1-3-10/h4-5,14H,1-3,6H2,(H,12,13). The summed E-state index contributed by atoms with van der Waals surface area (Å²) in [7, 11) is 0. The summed E-state index contributed by atoms with van der Waals surface area (Å²) in [6.07, 6.45) is 3.94. The normalized spacial score (nSPS) is 18.3. The maximum atomic E-state index is 11.5. The monoisotopic (exact) mass is 273 g/mol. The first-order valence-corrected chi connectivity index (χ1v) is 5.63. The smallest absolute Gasteiger partial charge is 0.254 e.